The van der Waals surface area contributed by atoms with Gasteiger partial charge in [-0.15, -0.1) is 0 Å². The lowest BCUT2D eigenvalue weighted by atomic mass is 10.0. The molecular formula is C28H38N4. The molecule has 4 heteroatoms. The van der Waals surface area contributed by atoms with Crippen molar-refractivity contribution in [1.82, 2.24) is 9.80 Å². The first-order valence-electron chi connectivity index (χ1n) is 11.4. The Labute approximate surface area is 194 Å². The van der Waals surface area contributed by atoms with Gasteiger partial charge < -0.3 is 20.4 Å². The Hall–Kier alpha value is -2.66. The Morgan fingerprint density at radius 1 is 0.656 bits per heavy atom. The van der Waals surface area contributed by atoms with Gasteiger partial charge in [0.2, 0.25) is 0 Å². The summed E-state index contributed by atoms with van der Waals surface area (Å²) < 4.78 is 0. The first kappa shape index (κ1) is 24.0. The fourth-order valence-electron chi connectivity index (χ4n) is 3.82. The molecule has 0 saturated carbocycles. The molecule has 0 amide bonds. The van der Waals surface area contributed by atoms with Crippen LogP contribution >= 0.6 is 0 Å². The lowest BCUT2D eigenvalue weighted by Crippen LogP contribution is -2.15. The minimum absolute atomic E-state index is 0.360. The highest BCUT2D eigenvalue weighted by atomic mass is 15.1. The zero-order valence-corrected chi connectivity index (χ0v) is 20.3. The van der Waals surface area contributed by atoms with Crippen LogP contribution in [0.1, 0.15) is 29.5 Å². The van der Waals surface area contributed by atoms with E-state index in [9.17, 15) is 0 Å². The lowest BCUT2D eigenvalue weighted by Gasteiger charge is -2.26. The van der Waals surface area contributed by atoms with E-state index in [1.54, 1.807) is 0 Å². The fourth-order valence-corrected chi connectivity index (χ4v) is 3.82. The average molecular weight is 431 g/mol. The molecule has 0 heterocycles. The number of nitrogens with two attached hydrogens (primary N) is 1. The molecule has 2 N–H and O–H groups in total. The molecule has 0 spiro atoms. The minimum atomic E-state index is 0.360. The molecule has 0 fully saturated rings. The zero-order valence-electron chi connectivity index (χ0n) is 20.3. The van der Waals surface area contributed by atoms with Crippen LogP contribution in [0.2, 0.25) is 0 Å². The number of rotatable bonds is 10. The number of nitrogens with zero attached hydrogens (tertiary/aromatic N) is 3. The molecule has 3 rings (SSSR count). The molecule has 3 aromatic carbocycles. The van der Waals surface area contributed by atoms with Crippen molar-refractivity contribution in [2.45, 2.75) is 25.8 Å². The van der Waals surface area contributed by atoms with Gasteiger partial charge in [0.05, 0.1) is 0 Å². The number of anilines is 3. The normalized spacial score (nSPS) is 12.4. The molecular weight excluding hydrogens is 392 g/mol. The van der Waals surface area contributed by atoms with Crippen LogP contribution in [0.5, 0.6) is 0 Å². The summed E-state index contributed by atoms with van der Waals surface area (Å²) in [5.74, 6) is 0.360. The van der Waals surface area contributed by atoms with Crippen molar-refractivity contribution in [3.63, 3.8) is 0 Å². The van der Waals surface area contributed by atoms with Crippen LogP contribution in [0.15, 0.2) is 72.8 Å². The fraction of sp³-hybridized carbons (Fsp3) is 0.357. The average Bonchev–Trinajstić information content (AvgIpc) is 2.79. The standard InChI is InChI=1S/C28H38N4/c1-22(20-29)25-10-16-28(17-11-25)32(27-14-8-24(9-15-27)21-31(4)5)26-12-6-23(7-13-26)18-19-30(2)3/h6-17,22H,18-21,29H2,1-5H3. The second kappa shape index (κ2) is 11.3. The van der Waals surface area contributed by atoms with Gasteiger partial charge in [-0.05, 0) is 100 Å². The van der Waals surface area contributed by atoms with E-state index in [2.05, 4.69) is 123 Å². The van der Waals surface area contributed by atoms with E-state index in [1.165, 1.54) is 22.4 Å². The summed E-state index contributed by atoms with van der Waals surface area (Å²) in [6.45, 7) is 4.82. The summed E-state index contributed by atoms with van der Waals surface area (Å²) in [6.07, 6.45) is 1.05. The van der Waals surface area contributed by atoms with Gasteiger partial charge in [0.25, 0.3) is 0 Å². The molecule has 0 saturated heterocycles. The third kappa shape index (κ3) is 6.42. The molecule has 0 aliphatic rings. The number of hydrogen-bond acceptors (Lipinski definition) is 4. The maximum atomic E-state index is 5.87. The monoisotopic (exact) mass is 430 g/mol. The molecule has 4 nitrogen and oxygen atoms in total. The molecule has 0 aromatic heterocycles. The predicted molar refractivity (Wildman–Crippen MR) is 138 cm³/mol. The summed E-state index contributed by atoms with van der Waals surface area (Å²) in [6, 6.07) is 26.6. The van der Waals surface area contributed by atoms with Gasteiger partial charge >= 0.3 is 0 Å². The highest BCUT2D eigenvalue weighted by molar-refractivity contribution is 5.76. The van der Waals surface area contributed by atoms with Crippen molar-refractivity contribution < 1.29 is 0 Å². The van der Waals surface area contributed by atoms with Crippen molar-refractivity contribution in [1.29, 1.82) is 0 Å². The summed E-state index contributed by atoms with van der Waals surface area (Å²) in [5.41, 5.74) is 13.3. The van der Waals surface area contributed by atoms with Gasteiger partial charge in [0.15, 0.2) is 0 Å². The number of hydrogen-bond donors (Lipinski definition) is 1. The third-order valence-corrected chi connectivity index (χ3v) is 5.81. The van der Waals surface area contributed by atoms with Crippen LogP contribution < -0.4 is 10.6 Å². The Bertz CT molecular complexity index is 944. The molecule has 1 atom stereocenters. The van der Waals surface area contributed by atoms with E-state index in [-0.39, 0.29) is 0 Å². The quantitative estimate of drug-likeness (QED) is 0.468. The molecule has 0 bridgehead atoms. The van der Waals surface area contributed by atoms with Gasteiger partial charge in [-0.25, -0.2) is 0 Å². The van der Waals surface area contributed by atoms with Gasteiger partial charge in [-0.2, -0.15) is 0 Å². The van der Waals surface area contributed by atoms with E-state index >= 15 is 0 Å². The van der Waals surface area contributed by atoms with Crippen molar-refractivity contribution in [2.24, 2.45) is 5.73 Å². The third-order valence-electron chi connectivity index (χ3n) is 5.81. The maximum Gasteiger partial charge on any atom is 0.0461 e. The molecule has 0 aliphatic heterocycles. The van der Waals surface area contributed by atoms with E-state index < -0.39 is 0 Å². The molecule has 3 aromatic rings. The lowest BCUT2D eigenvalue weighted by molar-refractivity contribution is 0.402. The van der Waals surface area contributed by atoms with E-state index in [0.717, 1.165) is 30.9 Å². The molecule has 1 unspecified atom stereocenters. The highest BCUT2D eigenvalue weighted by Crippen LogP contribution is 2.35. The van der Waals surface area contributed by atoms with Gasteiger partial charge in [0, 0.05) is 30.2 Å². The summed E-state index contributed by atoms with van der Waals surface area (Å²) in [7, 11) is 8.43. The largest absolute Gasteiger partial charge is 0.330 e. The second-order valence-electron chi connectivity index (χ2n) is 9.19. The van der Waals surface area contributed by atoms with Gasteiger partial charge in [0.1, 0.15) is 0 Å². The summed E-state index contributed by atoms with van der Waals surface area (Å²) >= 11 is 0. The van der Waals surface area contributed by atoms with E-state index in [4.69, 9.17) is 5.73 Å². The van der Waals surface area contributed by atoms with Crippen LogP contribution in [0.3, 0.4) is 0 Å². The van der Waals surface area contributed by atoms with Crippen molar-refractivity contribution in [3.8, 4) is 0 Å². The summed E-state index contributed by atoms with van der Waals surface area (Å²) in [4.78, 5) is 6.74. The van der Waals surface area contributed by atoms with Crippen molar-refractivity contribution in [3.05, 3.63) is 89.5 Å². The Balaban J connectivity index is 1.94. The van der Waals surface area contributed by atoms with E-state index in [0.29, 0.717) is 12.5 Å². The second-order valence-corrected chi connectivity index (χ2v) is 9.19. The smallest absolute Gasteiger partial charge is 0.0461 e. The molecule has 0 aliphatic carbocycles. The predicted octanol–water partition coefficient (Wildman–Crippen LogP) is 5.38. The zero-order chi connectivity index (χ0) is 23.1. The highest BCUT2D eigenvalue weighted by Gasteiger charge is 2.14. The first-order chi connectivity index (χ1) is 15.4. The molecule has 170 valence electrons. The van der Waals surface area contributed by atoms with Crippen molar-refractivity contribution >= 4 is 17.1 Å². The van der Waals surface area contributed by atoms with E-state index in [1.807, 2.05) is 0 Å². The first-order valence-corrected chi connectivity index (χ1v) is 11.4. The van der Waals surface area contributed by atoms with Crippen LogP contribution in [-0.4, -0.2) is 51.1 Å². The van der Waals surface area contributed by atoms with Gasteiger partial charge in [-0.1, -0.05) is 43.3 Å². The Kier molecular flexibility index (Phi) is 8.46. The Morgan fingerprint density at radius 2 is 1.12 bits per heavy atom. The summed E-state index contributed by atoms with van der Waals surface area (Å²) in [5, 5.41) is 0. The maximum absolute atomic E-state index is 5.87. The van der Waals surface area contributed by atoms with Crippen LogP contribution in [-0.2, 0) is 13.0 Å². The Morgan fingerprint density at radius 3 is 1.56 bits per heavy atom. The SMILES string of the molecule is CC(CN)c1ccc(N(c2ccc(CCN(C)C)cc2)c2ccc(CN(C)C)cc2)cc1. The number of benzene rings is 3. The topological polar surface area (TPSA) is 35.7 Å². The van der Waals surface area contributed by atoms with Crippen LogP contribution in [0.25, 0.3) is 0 Å². The van der Waals surface area contributed by atoms with Crippen LogP contribution in [0.4, 0.5) is 17.1 Å². The van der Waals surface area contributed by atoms with Crippen LogP contribution in [0, 0.1) is 0 Å². The molecule has 32 heavy (non-hydrogen) atoms. The minimum Gasteiger partial charge on any atom is -0.330 e. The molecule has 0 radical (unpaired) electrons. The van der Waals surface area contributed by atoms with Gasteiger partial charge in [-0.3, -0.25) is 0 Å². The number of likely N-dealkylation sites (N-methyl/N-ethyl adjacent to an activating group) is 1. The van der Waals surface area contributed by atoms with Crippen molar-refractivity contribution in [2.75, 3.05) is 46.2 Å².